The van der Waals surface area contributed by atoms with E-state index in [1.807, 2.05) is 135 Å². The molecule has 55 heavy (non-hydrogen) atoms. The monoisotopic (exact) mass is 752 g/mol. The average molecular weight is 753 g/mol. The summed E-state index contributed by atoms with van der Waals surface area (Å²) in [6.07, 6.45) is -6.08. The first-order valence-electron chi connectivity index (χ1n) is 18.9. The fraction of sp³-hybridized carbons (Fsp3) is 0.400. The van der Waals surface area contributed by atoms with Crippen molar-refractivity contribution in [3.8, 4) is 0 Å². The second-order valence-corrected chi connectivity index (χ2v) is 13.8. The number of rotatable bonds is 18. The summed E-state index contributed by atoms with van der Waals surface area (Å²) in [5.41, 5.74) is 3.90. The minimum atomic E-state index is -1.13. The molecule has 0 spiro atoms. The summed E-state index contributed by atoms with van der Waals surface area (Å²) in [6, 6.07) is 39.4. The lowest BCUT2D eigenvalue weighted by Crippen LogP contribution is -2.65. The predicted molar refractivity (Wildman–Crippen MR) is 205 cm³/mol. The summed E-state index contributed by atoms with van der Waals surface area (Å²) in [4.78, 5) is 12.8. The summed E-state index contributed by atoms with van der Waals surface area (Å²) in [5, 5.41) is 0. The van der Waals surface area contributed by atoms with Crippen molar-refractivity contribution in [2.24, 2.45) is 0 Å². The highest BCUT2D eigenvalue weighted by molar-refractivity contribution is 5.66. The Hall–Kier alpha value is -4.23. The van der Waals surface area contributed by atoms with Gasteiger partial charge >= 0.3 is 5.97 Å². The molecule has 4 aromatic rings. The third-order valence-electron chi connectivity index (χ3n) is 9.57. The number of benzene rings is 4. The van der Waals surface area contributed by atoms with Gasteiger partial charge in [0, 0.05) is 6.92 Å². The first-order valence-corrected chi connectivity index (χ1v) is 18.9. The Labute approximate surface area is 324 Å². The molecule has 0 aromatic heterocycles. The zero-order valence-electron chi connectivity index (χ0n) is 31.7. The van der Waals surface area contributed by atoms with Gasteiger partial charge in [0.15, 0.2) is 18.7 Å². The molecule has 0 bridgehead atoms. The molecular weight excluding hydrogens is 700 g/mol. The molecule has 2 heterocycles. The topological polar surface area (TPSA) is 100 Å². The van der Waals surface area contributed by atoms with Gasteiger partial charge in [0.1, 0.15) is 30.5 Å². The number of carbonyl (C=O) groups excluding carboxylic acids is 1. The lowest BCUT2D eigenvalue weighted by atomic mass is 9.96. The molecule has 2 fully saturated rings. The molecule has 0 saturated carbocycles. The molecular formula is C45H52O10. The minimum Gasteiger partial charge on any atom is -0.454 e. The molecule has 4 aromatic carbocycles. The van der Waals surface area contributed by atoms with Crippen LogP contribution < -0.4 is 0 Å². The van der Waals surface area contributed by atoms with E-state index >= 15 is 0 Å². The van der Waals surface area contributed by atoms with Gasteiger partial charge in [-0.15, -0.1) is 6.58 Å². The lowest BCUT2D eigenvalue weighted by molar-refractivity contribution is -0.372. The predicted octanol–water partition coefficient (Wildman–Crippen LogP) is 7.34. The third kappa shape index (κ3) is 11.4. The molecule has 2 aliphatic heterocycles. The molecule has 10 atom stereocenters. The van der Waals surface area contributed by atoms with Gasteiger partial charge in [-0.3, -0.25) is 4.79 Å². The molecule has 292 valence electrons. The Kier molecular flexibility index (Phi) is 15.2. The largest absolute Gasteiger partial charge is 0.454 e. The van der Waals surface area contributed by atoms with Crippen LogP contribution in [0.15, 0.2) is 134 Å². The van der Waals surface area contributed by atoms with E-state index in [9.17, 15) is 4.79 Å². The van der Waals surface area contributed by atoms with Crippen LogP contribution in [0.3, 0.4) is 0 Å². The van der Waals surface area contributed by atoms with Crippen molar-refractivity contribution in [3.05, 3.63) is 156 Å². The maximum absolute atomic E-state index is 12.8. The molecule has 10 nitrogen and oxygen atoms in total. The number of hydrogen-bond donors (Lipinski definition) is 0. The van der Waals surface area contributed by atoms with Crippen LogP contribution in [-0.4, -0.2) is 74.0 Å². The first kappa shape index (κ1) is 40.4. The minimum absolute atomic E-state index is 0.186. The van der Waals surface area contributed by atoms with E-state index in [0.29, 0.717) is 13.2 Å². The van der Waals surface area contributed by atoms with E-state index in [1.165, 1.54) is 6.92 Å². The van der Waals surface area contributed by atoms with Crippen LogP contribution in [0.1, 0.15) is 43.0 Å². The van der Waals surface area contributed by atoms with E-state index in [4.69, 9.17) is 42.6 Å². The van der Waals surface area contributed by atoms with E-state index in [0.717, 1.165) is 22.3 Å². The Morgan fingerprint density at radius 1 is 0.527 bits per heavy atom. The van der Waals surface area contributed by atoms with E-state index < -0.39 is 67.4 Å². The Morgan fingerprint density at radius 2 is 0.891 bits per heavy atom. The lowest BCUT2D eigenvalue weighted by Gasteiger charge is -2.49. The highest BCUT2D eigenvalue weighted by Gasteiger charge is 2.54. The highest BCUT2D eigenvalue weighted by atomic mass is 16.8. The van der Waals surface area contributed by atoms with Crippen molar-refractivity contribution in [2.45, 2.75) is 109 Å². The molecule has 0 amide bonds. The Morgan fingerprint density at radius 3 is 1.27 bits per heavy atom. The van der Waals surface area contributed by atoms with Gasteiger partial charge in [-0.1, -0.05) is 127 Å². The van der Waals surface area contributed by atoms with Crippen LogP contribution in [0.5, 0.6) is 0 Å². The molecule has 2 aliphatic rings. The van der Waals surface area contributed by atoms with Crippen molar-refractivity contribution >= 4 is 5.97 Å². The molecule has 6 rings (SSSR count). The summed E-state index contributed by atoms with van der Waals surface area (Å²) in [6.45, 7) is 10.3. The molecule has 0 aliphatic carbocycles. The standard InChI is InChI=1S/C45H52O10/c1-5-26-47-44-42(40(50-29-36-22-14-8-15-23-36)38(31(2)52-44)48-27-34-18-10-6-11-19-34)55-45-43(54-33(4)46)41(51-30-37-24-16-9-17-25-37)39(32(3)53-45)49-28-35-20-12-7-13-21-35/h5-25,31-32,38-45H,1,26-30H2,2-4H3/t31-,32-,38-,39-,40+,41+,42+,43+,44+,45-/m0/s1. The Balaban J connectivity index is 1.32. The van der Waals surface area contributed by atoms with Gasteiger partial charge in [0.2, 0.25) is 0 Å². The van der Waals surface area contributed by atoms with Crippen molar-refractivity contribution < 1.29 is 47.4 Å². The fourth-order valence-electron chi connectivity index (χ4n) is 6.87. The average Bonchev–Trinajstić information content (AvgIpc) is 3.21. The van der Waals surface area contributed by atoms with Crippen LogP contribution in [0, 0.1) is 0 Å². The number of ether oxygens (including phenoxy) is 9. The fourth-order valence-corrected chi connectivity index (χ4v) is 6.87. The van der Waals surface area contributed by atoms with Gasteiger partial charge in [-0.05, 0) is 36.1 Å². The normalized spacial score (nSPS) is 28.0. The van der Waals surface area contributed by atoms with Gasteiger partial charge < -0.3 is 42.6 Å². The smallest absolute Gasteiger partial charge is 0.303 e. The molecule has 0 N–H and O–H groups in total. The molecule has 0 radical (unpaired) electrons. The summed E-state index contributed by atoms with van der Waals surface area (Å²) >= 11 is 0. The SMILES string of the molecule is C=CCO[C@@H]1O[C@@H](C)[C@H](OCc2ccccc2)[C@@H](OCc2ccccc2)[C@H]1O[C@@H]1O[C@@H](C)[C@H](OCc2ccccc2)[C@@H](OCc2ccccc2)[C@H]1OC(C)=O. The van der Waals surface area contributed by atoms with Crippen molar-refractivity contribution in [1.82, 2.24) is 0 Å². The molecule has 2 saturated heterocycles. The maximum atomic E-state index is 12.8. The van der Waals surface area contributed by atoms with Gasteiger partial charge in [-0.25, -0.2) is 0 Å². The zero-order valence-corrected chi connectivity index (χ0v) is 31.7. The number of hydrogen-bond acceptors (Lipinski definition) is 10. The van der Waals surface area contributed by atoms with Gasteiger partial charge in [0.25, 0.3) is 0 Å². The van der Waals surface area contributed by atoms with Crippen LogP contribution in [0.25, 0.3) is 0 Å². The summed E-state index contributed by atoms with van der Waals surface area (Å²) in [5.74, 6) is -0.527. The summed E-state index contributed by atoms with van der Waals surface area (Å²) < 4.78 is 58.8. The highest BCUT2D eigenvalue weighted by Crippen LogP contribution is 2.36. The van der Waals surface area contributed by atoms with Crippen LogP contribution >= 0.6 is 0 Å². The number of esters is 1. The Bertz CT molecular complexity index is 1710. The second-order valence-electron chi connectivity index (χ2n) is 13.8. The van der Waals surface area contributed by atoms with Gasteiger partial charge in [-0.2, -0.15) is 0 Å². The second kappa shape index (κ2) is 20.6. The maximum Gasteiger partial charge on any atom is 0.303 e. The number of carbonyl (C=O) groups is 1. The van der Waals surface area contributed by atoms with E-state index in [1.54, 1.807) is 6.08 Å². The van der Waals surface area contributed by atoms with Crippen LogP contribution in [0.4, 0.5) is 0 Å². The third-order valence-corrected chi connectivity index (χ3v) is 9.57. The van der Waals surface area contributed by atoms with Gasteiger partial charge in [0.05, 0.1) is 45.2 Å². The van der Waals surface area contributed by atoms with E-state index in [-0.39, 0.29) is 19.8 Å². The molecule has 0 unspecified atom stereocenters. The van der Waals surface area contributed by atoms with Crippen molar-refractivity contribution in [2.75, 3.05) is 6.61 Å². The van der Waals surface area contributed by atoms with Crippen molar-refractivity contribution in [3.63, 3.8) is 0 Å². The van der Waals surface area contributed by atoms with Crippen molar-refractivity contribution in [1.29, 1.82) is 0 Å². The molecule has 10 heteroatoms. The van der Waals surface area contributed by atoms with Crippen LogP contribution in [-0.2, 0) is 73.9 Å². The van der Waals surface area contributed by atoms with E-state index in [2.05, 4.69) is 6.58 Å². The quantitative estimate of drug-likeness (QED) is 0.0759. The summed E-state index contributed by atoms with van der Waals surface area (Å²) in [7, 11) is 0. The first-order chi connectivity index (χ1) is 26.9. The zero-order chi connectivity index (χ0) is 38.4. The van der Waals surface area contributed by atoms with Crippen LogP contribution in [0.2, 0.25) is 0 Å².